The summed E-state index contributed by atoms with van der Waals surface area (Å²) < 4.78 is 38.5. The second-order valence-corrected chi connectivity index (χ2v) is 9.86. The van der Waals surface area contributed by atoms with E-state index in [9.17, 15) is 13.2 Å². The minimum atomic E-state index is -3.83. The summed E-state index contributed by atoms with van der Waals surface area (Å²) in [5.74, 6) is 0.307. The molecule has 0 unspecified atom stereocenters. The predicted octanol–water partition coefficient (Wildman–Crippen LogP) is 2.70. The van der Waals surface area contributed by atoms with E-state index in [-0.39, 0.29) is 36.2 Å². The van der Waals surface area contributed by atoms with E-state index in [1.807, 2.05) is 44.2 Å². The third-order valence-electron chi connectivity index (χ3n) is 4.60. The van der Waals surface area contributed by atoms with Crippen LogP contribution in [0.15, 0.2) is 59.5 Å². The van der Waals surface area contributed by atoms with Gasteiger partial charge in [-0.3, -0.25) is 4.79 Å². The summed E-state index contributed by atoms with van der Waals surface area (Å²) in [5.41, 5.74) is -0.658. The van der Waals surface area contributed by atoms with Crippen molar-refractivity contribution in [1.82, 2.24) is 9.62 Å². The minimum absolute atomic E-state index is 0.0186. The van der Waals surface area contributed by atoms with Gasteiger partial charge < -0.3 is 14.8 Å². The molecule has 1 N–H and O–H groups in total. The Morgan fingerprint density at radius 2 is 1.87 bits per heavy atom. The number of halogens is 1. The molecule has 0 radical (unpaired) electrons. The number of ether oxygens (including phenoxy) is 2. The van der Waals surface area contributed by atoms with Crippen molar-refractivity contribution in [3.63, 3.8) is 0 Å². The maximum Gasteiger partial charge on any atom is 0.250 e. The summed E-state index contributed by atoms with van der Waals surface area (Å²) in [4.78, 5) is 12.7. The number of nitrogens with zero attached hydrogens (tertiary/aromatic N) is 1. The minimum Gasteiger partial charge on any atom is -0.486 e. The number of benzene rings is 2. The zero-order valence-corrected chi connectivity index (χ0v) is 18.4. The van der Waals surface area contributed by atoms with E-state index in [0.29, 0.717) is 5.75 Å². The molecule has 1 amide bonds. The van der Waals surface area contributed by atoms with Crippen LogP contribution in [0.25, 0.3) is 0 Å². The van der Waals surface area contributed by atoms with Gasteiger partial charge in [0.15, 0.2) is 0 Å². The Morgan fingerprint density at radius 3 is 2.57 bits per heavy atom. The van der Waals surface area contributed by atoms with Gasteiger partial charge in [-0.15, -0.1) is 0 Å². The van der Waals surface area contributed by atoms with Crippen LogP contribution < -0.4 is 10.1 Å². The van der Waals surface area contributed by atoms with Crippen LogP contribution in [0.3, 0.4) is 0 Å². The van der Waals surface area contributed by atoms with Crippen LogP contribution in [0.1, 0.15) is 13.8 Å². The van der Waals surface area contributed by atoms with Gasteiger partial charge in [0.2, 0.25) is 10.0 Å². The first-order chi connectivity index (χ1) is 14.2. The Hall–Kier alpha value is -2.13. The average Bonchev–Trinajstić information content (AvgIpc) is 2.73. The lowest BCUT2D eigenvalue weighted by Gasteiger charge is -2.32. The lowest BCUT2D eigenvalue weighted by Crippen LogP contribution is -2.53. The number of carbonyl (C=O) groups excluding carboxylic acids is 1. The third-order valence-corrected chi connectivity index (χ3v) is 6.97. The maximum atomic E-state index is 12.9. The smallest absolute Gasteiger partial charge is 0.250 e. The Bertz CT molecular complexity index is 982. The molecular formula is C21H25ClN2O5S. The number of sulfonamides is 1. The lowest BCUT2D eigenvalue weighted by molar-refractivity contribution is -0.137. The number of morpholine rings is 1. The van der Waals surface area contributed by atoms with Crippen molar-refractivity contribution < 1.29 is 22.7 Å². The number of nitrogens with one attached hydrogen (secondary N) is 1. The van der Waals surface area contributed by atoms with E-state index in [4.69, 9.17) is 21.1 Å². The normalized spacial score (nSPS) is 18.0. The highest BCUT2D eigenvalue weighted by Crippen LogP contribution is 2.25. The summed E-state index contributed by atoms with van der Waals surface area (Å²) in [6.45, 7) is 4.13. The quantitative estimate of drug-likeness (QED) is 0.698. The molecule has 1 fully saturated rings. The highest BCUT2D eigenvalue weighted by molar-refractivity contribution is 7.89. The number of rotatable bonds is 7. The molecule has 2 aromatic rings. The molecule has 1 aliphatic rings. The largest absolute Gasteiger partial charge is 0.486 e. The number of para-hydroxylation sites is 1. The van der Waals surface area contributed by atoms with Crippen molar-refractivity contribution in [2.75, 3.05) is 26.2 Å². The van der Waals surface area contributed by atoms with Gasteiger partial charge in [-0.1, -0.05) is 41.9 Å². The Balaban J connectivity index is 1.61. The van der Waals surface area contributed by atoms with Gasteiger partial charge in [0, 0.05) is 13.1 Å². The SMILES string of the molecule is CC(C)(CNC(=O)[C@@H]1CN(S(=O)(=O)c2ccccc2Cl)CCO1)Oc1ccccc1. The van der Waals surface area contributed by atoms with E-state index in [1.165, 1.54) is 16.4 Å². The standard InChI is InChI=1S/C21H25ClN2O5S/c1-21(2,29-16-8-4-3-5-9-16)15-23-20(25)18-14-24(12-13-28-18)30(26,27)19-11-7-6-10-17(19)22/h3-11,18H,12-15H2,1-2H3,(H,23,25)/t18-/m0/s1. The van der Waals surface area contributed by atoms with Gasteiger partial charge in [-0.25, -0.2) is 8.42 Å². The van der Waals surface area contributed by atoms with Crippen LogP contribution in [0.4, 0.5) is 0 Å². The summed E-state index contributed by atoms with van der Waals surface area (Å²) in [6, 6.07) is 15.6. The van der Waals surface area contributed by atoms with E-state index in [2.05, 4.69) is 5.32 Å². The third kappa shape index (κ3) is 5.51. The van der Waals surface area contributed by atoms with Crippen molar-refractivity contribution in [1.29, 1.82) is 0 Å². The zero-order valence-electron chi connectivity index (χ0n) is 16.9. The highest BCUT2D eigenvalue weighted by atomic mass is 35.5. The first-order valence-electron chi connectivity index (χ1n) is 9.57. The Kier molecular flexibility index (Phi) is 7.02. The molecule has 0 aromatic heterocycles. The predicted molar refractivity (Wildman–Crippen MR) is 114 cm³/mol. The molecule has 1 atom stereocenters. The van der Waals surface area contributed by atoms with Crippen LogP contribution in [-0.2, 0) is 19.6 Å². The summed E-state index contributed by atoms with van der Waals surface area (Å²) in [6.07, 6.45) is -0.913. The first-order valence-corrected chi connectivity index (χ1v) is 11.4. The molecule has 7 nitrogen and oxygen atoms in total. The molecule has 0 bridgehead atoms. The van der Waals surface area contributed by atoms with Gasteiger partial charge in [-0.05, 0) is 38.1 Å². The number of hydrogen-bond acceptors (Lipinski definition) is 5. The van der Waals surface area contributed by atoms with Gasteiger partial charge in [0.05, 0.1) is 18.2 Å². The van der Waals surface area contributed by atoms with Crippen LogP contribution in [0.2, 0.25) is 5.02 Å². The molecule has 30 heavy (non-hydrogen) atoms. The second kappa shape index (κ2) is 9.34. The van der Waals surface area contributed by atoms with Crippen molar-refractivity contribution in [3.8, 4) is 5.75 Å². The number of carbonyl (C=O) groups is 1. The molecule has 9 heteroatoms. The lowest BCUT2D eigenvalue weighted by atomic mass is 10.1. The van der Waals surface area contributed by atoms with E-state index >= 15 is 0 Å². The number of amides is 1. The van der Waals surface area contributed by atoms with Gasteiger partial charge >= 0.3 is 0 Å². The Labute approximate surface area is 182 Å². The second-order valence-electron chi connectivity index (χ2n) is 7.55. The molecule has 1 heterocycles. The molecule has 0 spiro atoms. The van der Waals surface area contributed by atoms with E-state index in [1.54, 1.807) is 12.1 Å². The van der Waals surface area contributed by atoms with Crippen molar-refractivity contribution in [2.24, 2.45) is 0 Å². The fourth-order valence-electron chi connectivity index (χ4n) is 3.05. The van der Waals surface area contributed by atoms with Crippen molar-refractivity contribution >= 4 is 27.5 Å². The number of hydrogen-bond donors (Lipinski definition) is 1. The Morgan fingerprint density at radius 1 is 1.20 bits per heavy atom. The van der Waals surface area contributed by atoms with Gasteiger partial charge in [0.25, 0.3) is 5.91 Å². The topological polar surface area (TPSA) is 84.9 Å². The van der Waals surface area contributed by atoms with E-state index in [0.717, 1.165) is 0 Å². The first kappa shape index (κ1) is 22.6. The molecule has 0 aliphatic carbocycles. The summed E-state index contributed by atoms with van der Waals surface area (Å²) >= 11 is 6.06. The van der Waals surface area contributed by atoms with Crippen molar-refractivity contribution in [2.45, 2.75) is 30.4 Å². The monoisotopic (exact) mass is 452 g/mol. The van der Waals surface area contributed by atoms with Crippen molar-refractivity contribution in [3.05, 3.63) is 59.6 Å². The molecule has 2 aromatic carbocycles. The molecular weight excluding hydrogens is 428 g/mol. The fourth-order valence-corrected chi connectivity index (χ4v) is 4.97. The van der Waals surface area contributed by atoms with Crippen LogP contribution in [0, 0.1) is 0 Å². The summed E-state index contributed by atoms with van der Waals surface area (Å²) in [7, 11) is -3.83. The highest BCUT2D eigenvalue weighted by Gasteiger charge is 2.35. The molecule has 1 saturated heterocycles. The summed E-state index contributed by atoms with van der Waals surface area (Å²) in [5, 5.41) is 2.94. The molecule has 1 aliphatic heterocycles. The van der Waals surface area contributed by atoms with Crippen LogP contribution in [0.5, 0.6) is 5.75 Å². The van der Waals surface area contributed by atoms with E-state index < -0.39 is 27.6 Å². The molecule has 162 valence electrons. The average molecular weight is 453 g/mol. The zero-order chi connectivity index (χ0) is 21.8. The van der Waals surface area contributed by atoms with Crippen LogP contribution in [-0.4, -0.2) is 56.6 Å². The van der Waals surface area contributed by atoms with Gasteiger partial charge in [0.1, 0.15) is 22.4 Å². The van der Waals surface area contributed by atoms with Crippen LogP contribution >= 0.6 is 11.6 Å². The molecule has 0 saturated carbocycles. The maximum absolute atomic E-state index is 12.9. The van der Waals surface area contributed by atoms with Gasteiger partial charge in [-0.2, -0.15) is 4.31 Å². The fraction of sp³-hybridized carbons (Fsp3) is 0.381. The molecule has 3 rings (SSSR count).